The van der Waals surface area contributed by atoms with Gasteiger partial charge in [-0.3, -0.25) is 9.59 Å². The Morgan fingerprint density at radius 1 is 0.885 bits per heavy atom. The van der Waals surface area contributed by atoms with Crippen molar-refractivity contribution in [3.8, 4) is 0 Å². The predicted molar refractivity (Wildman–Crippen MR) is 104 cm³/mol. The zero-order valence-corrected chi connectivity index (χ0v) is 16.5. The van der Waals surface area contributed by atoms with Gasteiger partial charge in [0.05, 0.1) is 0 Å². The average molecular weight is 367 g/mol. The number of rotatable bonds is 10. The van der Waals surface area contributed by atoms with E-state index in [1.165, 1.54) is 38.8 Å². The first-order chi connectivity index (χ1) is 12.4. The fourth-order valence-corrected chi connectivity index (χ4v) is 4.74. The third-order valence-corrected chi connectivity index (χ3v) is 5.94. The van der Waals surface area contributed by atoms with E-state index in [4.69, 9.17) is 11.5 Å². The molecule has 6 nitrogen and oxygen atoms in total. The molecule has 2 fully saturated rings. The van der Waals surface area contributed by atoms with Crippen LogP contribution in [0.15, 0.2) is 0 Å². The van der Waals surface area contributed by atoms with Crippen LogP contribution < -0.4 is 11.5 Å². The first kappa shape index (κ1) is 21.2. The molecule has 0 radical (unpaired) electrons. The zero-order valence-electron chi connectivity index (χ0n) is 16.5. The van der Waals surface area contributed by atoms with Crippen molar-refractivity contribution in [1.82, 2.24) is 9.80 Å². The van der Waals surface area contributed by atoms with Crippen molar-refractivity contribution in [3.05, 3.63) is 0 Å². The zero-order chi connectivity index (χ0) is 18.9. The van der Waals surface area contributed by atoms with Crippen LogP contribution in [0, 0.1) is 17.8 Å². The maximum absolute atomic E-state index is 11.0. The van der Waals surface area contributed by atoms with Gasteiger partial charge in [-0.05, 0) is 69.4 Å². The van der Waals surface area contributed by atoms with Crippen molar-refractivity contribution in [2.45, 2.75) is 58.3 Å². The van der Waals surface area contributed by atoms with Crippen molar-refractivity contribution in [2.24, 2.45) is 29.2 Å². The van der Waals surface area contributed by atoms with E-state index in [0.717, 1.165) is 39.0 Å². The molecule has 2 amide bonds. The summed E-state index contributed by atoms with van der Waals surface area (Å²) in [5, 5.41) is 0. The summed E-state index contributed by atoms with van der Waals surface area (Å²) in [4.78, 5) is 27.2. The molecule has 2 unspecified atom stereocenters. The lowest BCUT2D eigenvalue weighted by Gasteiger charge is -2.37. The number of hydrogen-bond acceptors (Lipinski definition) is 4. The van der Waals surface area contributed by atoms with Crippen molar-refractivity contribution in [3.63, 3.8) is 0 Å². The molecule has 2 rings (SSSR count). The van der Waals surface area contributed by atoms with Crippen LogP contribution in [0.3, 0.4) is 0 Å². The van der Waals surface area contributed by atoms with E-state index in [-0.39, 0.29) is 11.8 Å². The van der Waals surface area contributed by atoms with E-state index in [2.05, 4.69) is 16.7 Å². The molecule has 2 saturated heterocycles. The van der Waals surface area contributed by atoms with E-state index in [9.17, 15) is 9.59 Å². The van der Waals surface area contributed by atoms with Gasteiger partial charge in [-0.15, -0.1) is 0 Å². The summed E-state index contributed by atoms with van der Waals surface area (Å²) in [6.45, 7) is 9.19. The molecule has 2 aliphatic heterocycles. The number of piperidine rings is 2. The third kappa shape index (κ3) is 8.04. The molecule has 150 valence electrons. The number of hydrogen-bond donors (Lipinski definition) is 2. The van der Waals surface area contributed by atoms with Gasteiger partial charge in [0.15, 0.2) is 0 Å². The first-order valence-corrected chi connectivity index (χ1v) is 10.4. The number of amides is 2. The molecule has 0 saturated carbocycles. The Bertz CT molecular complexity index is 417. The first-order valence-electron chi connectivity index (χ1n) is 10.4. The molecule has 2 heterocycles. The lowest BCUT2D eigenvalue weighted by Crippen LogP contribution is -2.43. The summed E-state index contributed by atoms with van der Waals surface area (Å²) in [6, 6.07) is 0. The second-order valence-electron chi connectivity index (χ2n) is 8.65. The molecule has 6 heteroatoms. The van der Waals surface area contributed by atoms with Gasteiger partial charge in [0, 0.05) is 39.0 Å². The Morgan fingerprint density at radius 3 is 1.69 bits per heavy atom. The smallest absolute Gasteiger partial charge is 0.217 e. The van der Waals surface area contributed by atoms with Gasteiger partial charge < -0.3 is 21.3 Å². The fourth-order valence-electron chi connectivity index (χ4n) is 4.74. The number of primary amides is 2. The largest absolute Gasteiger partial charge is 0.370 e. The second-order valence-corrected chi connectivity index (χ2v) is 8.65. The van der Waals surface area contributed by atoms with Crippen LogP contribution in [-0.4, -0.2) is 60.9 Å². The maximum atomic E-state index is 11.0. The van der Waals surface area contributed by atoms with Crippen LogP contribution in [0.25, 0.3) is 0 Å². The van der Waals surface area contributed by atoms with Crippen molar-refractivity contribution in [2.75, 3.05) is 39.3 Å². The van der Waals surface area contributed by atoms with Crippen molar-refractivity contribution >= 4 is 11.8 Å². The van der Waals surface area contributed by atoms with Crippen molar-refractivity contribution < 1.29 is 9.59 Å². The highest BCUT2D eigenvalue weighted by Gasteiger charge is 2.24. The minimum absolute atomic E-state index is 0.175. The second kappa shape index (κ2) is 10.9. The van der Waals surface area contributed by atoms with Gasteiger partial charge in [-0.2, -0.15) is 0 Å². The Balaban J connectivity index is 1.69. The Morgan fingerprint density at radius 2 is 1.31 bits per heavy atom. The van der Waals surface area contributed by atoms with Gasteiger partial charge in [0.25, 0.3) is 0 Å². The lowest BCUT2D eigenvalue weighted by atomic mass is 9.91. The number of nitrogens with zero attached hydrogens (tertiary/aromatic N) is 2. The molecular formula is C20H38N4O2. The number of likely N-dealkylation sites (tertiary alicyclic amines) is 2. The van der Waals surface area contributed by atoms with Crippen LogP contribution in [0.2, 0.25) is 0 Å². The average Bonchev–Trinajstić information content (AvgIpc) is 2.59. The molecular weight excluding hydrogens is 328 g/mol. The van der Waals surface area contributed by atoms with E-state index in [0.29, 0.717) is 30.6 Å². The highest BCUT2D eigenvalue weighted by Crippen LogP contribution is 2.24. The fraction of sp³-hybridized carbons (Fsp3) is 0.900. The Hall–Kier alpha value is -1.14. The SMILES string of the molecule is CC(CN1CCCC(CCC(N)=O)C1)CN1CCCC(CCC(N)=O)C1. The molecule has 0 spiro atoms. The minimum atomic E-state index is -0.175. The monoisotopic (exact) mass is 366 g/mol. The molecule has 0 aliphatic carbocycles. The highest BCUT2D eigenvalue weighted by atomic mass is 16.1. The molecule has 26 heavy (non-hydrogen) atoms. The van der Waals surface area contributed by atoms with E-state index < -0.39 is 0 Å². The van der Waals surface area contributed by atoms with E-state index >= 15 is 0 Å². The molecule has 0 aromatic heterocycles. The highest BCUT2D eigenvalue weighted by molar-refractivity contribution is 5.73. The molecule has 2 atom stereocenters. The molecule has 0 bridgehead atoms. The van der Waals surface area contributed by atoms with Crippen LogP contribution in [0.5, 0.6) is 0 Å². The summed E-state index contributed by atoms with van der Waals surface area (Å²) in [6.07, 6.45) is 7.84. The van der Waals surface area contributed by atoms with Crippen LogP contribution in [0.1, 0.15) is 58.3 Å². The summed E-state index contributed by atoms with van der Waals surface area (Å²) >= 11 is 0. The normalized spacial score (nSPS) is 26.5. The molecule has 4 N–H and O–H groups in total. The van der Waals surface area contributed by atoms with Gasteiger partial charge in [-0.25, -0.2) is 0 Å². The number of carbonyl (C=O) groups is 2. The van der Waals surface area contributed by atoms with Crippen molar-refractivity contribution in [1.29, 1.82) is 0 Å². The summed E-state index contributed by atoms with van der Waals surface area (Å²) < 4.78 is 0. The van der Waals surface area contributed by atoms with Gasteiger partial charge in [-0.1, -0.05) is 6.92 Å². The third-order valence-electron chi connectivity index (χ3n) is 5.94. The maximum Gasteiger partial charge on any atom is 0.217 e. The topological polar surface area (TPSA) is 92.7 Å². The quantitative estimate of drug-likeness (QED) is 0.614. The standard InChI is InChI=1S/C20H38N4O2/c1-16(12-23-10-2-4-17(14-23)6-8-19(21)25)13-24-11-3-5-18(15-24)7-9-20(22)26/h16-18H,2-15H2,1H3,(H2,21,25)(H2,22,26). The Kier molecular flexibility index (Phi) is 8.85. The van der Waals surface area contributed by atoms with E-state index in [1.807, 2.05) is 0 Å². The van der Waals surface area contributed by atoms with Gasteiger partial charge in [0.1, 0.15) is 0 Å². The summed E-state index contributed by atoms with van der Waals surface area (Å²) in [7, 11) is 0. The predicted octanol–water partition coefficient (Wildman–Crippen LogP) is 1.58. The summed E-state index contributed by atoms with van der Waals surface area (Å²) in [5.74, 6) is 1.53. The minimum Gasteiger partial charge on any atom is -0.370 e. The van der Waals surface area contributed by atoms with Crippen LogP contribution in [0.4, 0.5) is 0 Å². The van der Waals surface area contributed by atoms with E-state index in [1.54, 1.807) is 0 Å². The number of carbonyl (C=O) groups excluding carboxylic acids is 2. The number of nitrogens with two attached hydrogens (primary N) is 2. The Labute approximate surface area is 158 Å². The van der Waals surface area contributed by atoms with Crippen LogP contribution >= 0.6 is 0 Å². The lowest BCUT2D eigenvalue weighted by molar-refractivity contribution is -0.119. The molecule has 0 aromatic carbocycles. The van der Waals surface area contributed by atoms with Gasteiger partial charge >= 0.3 is 0 Å². The van der Waals surface area contributed by atoms with Crippen LogP contribution in [-0.2, 0) is 9.59 Å². The summed E-state index contributed by atoms with van der Waals surface area (Å²) in [5.41, 5.74) is 10.6. The molecule has 2 aliphatic rings. The van der Waals surface area contributed by atoms with Gasteiger partial charge in [0.2, 0.25) is 11.8 Å². The molecule has 0 aromatic rings.